The number of aryl methyl sites for hydroxylation is 1. The van der Waals surface area contributed by atoms with Crippen molar-refractivity contribution in [1.29, 1.82) is 0 Å². The first-order chi connectivity index (χ1) is 6.68. The van der Waals surface area contributed by atoms with Gasteiger partial charge in [0.15, 0.2) is 5.69 Å². The number of nitrogens with two attached hydrogens (primary N) is 1. The zero-order valence-electron chi connectivity index (χ0n) is 8.23. The molecule has 1 saturated carbocycles. The van der Waals surface area contributed by atoms with Gasteiger partial charge in [-0.15, -0.1) is 5.10 Å². The summed E-state index contributed by atoms with van der Waals surface area (Å²) in [5, 5.41) is 7.65. The predicted molar refractivity (Wildman–Crippen MR) is 50.6 cm³/mol. The summed E-state index contributed by atoms with van der Waals surface area (Å²) in [6.07, 6.45) is 3.79. The molecule has 5 heteroatoms. The summed E-state index contributed by atoms with van der Waals surface area (Å²) in [7, 11) is 0. The van der Waals surface area contributed by atoms with Crippen LogP contribution >= 0.6 is 0 Å². The minimum atomic E-state index is -0.500. The zero-order valence-corrected chi connectivity index (χ0v) is 8.23. The molecule has 0 aromatic carbocycles. The Morgan fingerprint density at radius 3 is 2.86 bits per heavy atom. The van der Waals surface area contributed by atoms with Crippen molar-refractivity contribution in [2.45, 2.75) is 32.7 Å². The second-order valence-corrected chi connectivity index (χ2v) is 3.84. The van der Waals surface area contributed by atoms with E-state index in [0.717, 1.165) is 24.6 Å². The van der Waals surface area contributed by atoms with Crippen LogP contribution in [0.1, 0.15) is 35.4 Å². The molecular formula is C9H14N4O. The molecule has 1 aromatic heterocycles. The SMILES string of the molecule is Cc1c(C(N)=O)nnn1CCC1CC1. The maximum Gasteiger partial charge on any atom is 0.271 e. The monoisotopic (exact) mass is 194 g/mol. The smallest absolute Gasteiger partial charge is 0.271 e. The molecule has 0 bridgehead atoms. The highest BCUT2D eigenvalue weighted by Gasteiger charge is 2.22. The van der Waals surface area contributed by atoms with Crippen LogP contribution in [0.3, 0.4) is 0 Å². The van der Waals surface area contributed by atoms with Gasteiger partial charge in [-0.05, 0) is 19.3 Å². The maximum atomic E-state index is 10.9. The molecule has 1 fully saturated rings. The summed E-state index contributed by atoms with van der Waals surface area (Å²) in [5.74, 6) is 0.357. The van der Waals surface area contributed by atoms with Crippen LogP contribution in [0.15, 0.2) is 0 Å². The molecule has 76 valence electrons. The highest BCUT2D eigenvalue weighted by Crippen LogP contribution is 2.32. The Hall–Kier alpha value is -1.39. The summed E-state index contributed by atoms with van der Waals surface area (Å²) in [6.45, 7) is 2.67. The third-order valence-corrected chi connectivity index (χ3v) is 2.66. The van der Waals surface area contributed by atoms with E-state index in [1.54, 1.807) is 4.68 Å². The number of amides is 1. The first kappa shape index (κ1) is 9.18. The molecule has 1 heterocycles. The molecule has 0 unspecified atom stereocenters. The summed E-state index contributed by atoms with van der Waals surface area (Å²) in [6, 6.07) is 0. The molecule has 14 heavy (non-hydrogen) atoms. The van der Waals surface area contributed by atoms with Crippen molar-refractivity contribution in [2.24, 2.45) is 11.7 Å². The van der Waals surface area contributed by atoms with Gasteiger partial charge in [0, 0.05) is 6.54 Å². The minimum absolute atomic E-state index is 0.292. The average molecular weight is 194 g/mol. The van der Waals surface area contributed by atoms with Crippen molar-refractivity contribution in [1.82, 2.24) is 15.0 Å². The first-order valence-electron chi connectivity index (χ1n) is 4.88. The molecule has 1 amide bonds. The standard InChI is InChI=1S/C9H14N4O/c1-6-8(9(10)14)11-12-13(6)5-4-7-2-3-7/h7H,2-5H2,1H3,(H2,10,14). The fourth-order valence-corrected chi connectivity index (χ4v) is 1.51. The van der Waals surface area contributed by atoms with Gasteiger partial charge in [-0.3, -0.25) is 4.79 Å². The molecule has 2 N–H and O–H groups in total. The van der Waals surface area contributed by atoms with E-state index in [4.69, 9.17) is 5.73 Å². The van der Waals surface area contributed by atoms with Gasteiger partial charge < -0.3 is 5.73 Å². The third-order valence-electron chi connectivity index (χ3n) is 2.66. The number of hydrogen-bond donors (Lipinski definition) is 1. The zero-order chi connectivity index (χ0) is 10.1. The molecule has 0 radical (unpaired) electrons. The molecule has 1 aromatic rings. The minimum Gasteiger partial charge on any atom is -0.364 e. The lowest BCUT2D eigenvalue weighted by molar-refractivity contribution is 0.0995. The second kappa shape index (κ2) is 3.40. The van der Waals surface area contributed by atoms with Gasteiger partial charge in [0.2, 0.25) is 0 Å². The Morgan fingerprint density at radius 1 is 1.64 bits per heavy atom. The van der Waals surface area contributed by atoms with Crippen LogP contribution in [0.4, 0.5) is 0 Å². The van der Waals surface area contributed by atoms with Crippen molar-refractivity contribution in [3.05, 3.63) is 11.4 Å². The van der Waals surface area contributed by atoms with Crippen LogP contribution in [0.25, 0.3) is 0 Å². The number of primary amides is 1. The van der Waals surface area contributed by atoms with Gasteiger partial charge in [-0.25, -0.2) is 4.68 Å². The van der Waals surface area contributed by atoms with E-state index in [-0.39, 0.29) is 0 Å². The van der Waals surface area contributed by atoms with Crippen LogP contribution in [0, 0.1) is 12.8 Å². The number of rotatable bonds is 4. The van der Waals surface area contributed by atoms with Gasteiger partial charge in [0.1, 0.15) is 0 Å². The lowest BCUT2D eigenvalue weighted by Gasteiger charge is -2.01. The van der Waals surface area contributed by atoms with Gasteiger partial charge in [0.25, 0.3) is 5.91 Å². The summed E-state index contributed by atoms with van der Waals surface area (Å²) >= 11 is 0. The van der Waals surface area contributed by atoms with Crippen LogP contribution in [-0.4, -0.2) is 20.9 Å². The van der Waals surface area contributed by atoms with Crippen molar-refractivity contribution >= 4 is 5.91 Å². The summed E-state index contributed by atoms with van der Waals surface area (Å²) < 4.78 is 1.76. The van der Waals surface area contributed by atoms with E-state index in [0.29, 0.717) is 5.69 Å². The Kier molecular flexibility index (Phi) is 2.23. The van der Waals surface area contributed by atoms with E-state index >= 15 is 0 Å². The van der Waals surface area contributed by atoms with Crippen LogP contribution < -0.4 is 5.73 Å². The van der Waals surface area contributed by atoms with Crippen LogP contribution in [0.5, 0.6) is 0 Å². The average Bonchev–Trinajstić information content (AvgIpc) is 2.87. The maximum absolute atomic E-state index is 10.9. The summed E-state index contributed by atoms with van der Waals surface area (Å²) in [4.78, 5) is 10.9. The van der Waals surface area contributed by atoms with Gasteiger partial charge >= 0.3 is 0 Å². The highest BCUT2D eigenvalue weighted by molar-refractivity contribution is 5.91. The second-order valence-electron chi connectivity index (χ2n) is 3.84. The Labute approximate surface area is 82.3 Å². The first-order valence-corrected chi connectivity index (χ1v) is 4.88. The molecule has 1 aliphatic carbocycles. The Balaban J connectivity index is 2.05. The van der Waals surface area contributed by atoms with Crippen LogP contribution in [-0.2, 0) is 6.54 Å². The van der Waals surface area contributed by atoms with E-state index in [2.05, 4.69) is 10.3 Å². The quantitative estimate of drug-likeness (QED) is 0.757. The largest absolute Gasteiger partial charge is 0.364 e. The fourth-order valence-electron chi connectivity index (χ4n) is 1.51. The molecular weight excluding hydrogens is 180 g/mol. The van der Waals surface area contributed by atoms with Crippen molar-refractivity contribution < 1.29 is 4.79 Å². The molecule has 0 aliphatic heterocycles. The van der Waals surface area contributed by atoms with E-state index in [1.807, 2.05) is 6.92 Å². The lowest BCUT2D eigenvalue weighted by atomic mass is 10.3. The Bertz CT molecular complexity index is 354. The topological polar surface area (TPSA) is 73.8 Å². The third kappa shape index (κ3) is 1.76. The molecule has 0 saturated heterocycles. The number of hydrogen-bond acceptors (Lipinski definition) is 3. The lowest BCUT2D eigenvalue weighted by Crippen LogP contribution is -2.13. The fraction of sp³-hybridized carbons (Fsp3) is 0.667. The Morgan fingerprint density at radius 2 is 2.36 bits per heavy atom. The van der Waals surface area contributed by atoms with Crippen molar-refractivity contribution in [3.8, 4) is 0 Å². The normalized spacial score (nSPS) is 15.8. The molecule has 0 atom stereocenters. The predicted octanol–water partition coefficient (Wildman–Crippen LogP) is 0.486. The number of carbonyl (C=O) groups is 1. The van der Waals surface area contributed by atoms with E-state index in [9.17, 15) is 4.79 Å². The summed E-state index contributed by atoms with van der Waals surface area (Å²) in [5.41, 5.74) is 6.21. The van der Waals surface area contributed by atoms with Gasteiger partial charge in [-0.2, -0.15) is 0 Å². The number of nitrogens with zero attached hydrogens (tertiary/aromatic N) is 3. The van der Waals surface area contributed by atoms with Crippen molar-refractivity contribution in [2.75, 3.05) is 0 Å². The van der Waals surface area contributed by atoms with E-state index < -0.39 is 5.91 Å². The van der Waals surface area contributed by atoms with Gasteiger partial charge in [-0.1, -0.05) is 18.1 Å². The molecule has 0 spiro atoms. The van der Waals surface area contributed by atoms with E-state index in [1.165, 1.54) is 12.8 Å². The number of carbonyl (C=O) groups excluding carboxylic acids is 1. The molecule has 1 aliphatic rings. The highest BCUT2D eigenvalue weighted by atomic mass is 16.1. The van der Waals surface area contributed by atoms with Crippen molar-refractivity contribution in [3.63, 3.8) is 0 Å². The molecule has 5 nitrogen and oxygen atoms in total. The van der Waals surface area contributed by atoms with Crippen LogP contribution in [0.2, 0.25) is 0 Å². The molecule has 2 rings (SSSR count). The van der Waals surface area contributed by atoms with Gasteiger partial charge in [0.05, 0.1) is 5.69 Å². The number of aromatic nitrogens is 3.